The van der Waals surface area contributed by atoms with Crippen molar-refractivity contribution >= 4 is 11.6 Å². The van der Waals surface area contributed by atoms with E-state index in [9.17, 15) is 37.1 Å². The zero-order valence-electron chi connectivity index (χ0n) is 18.8. The summed E-state index contributed by atoms with van der Waals surface area (Å²) >= 11 is 0. The van der Waals surface area contributed by atoms with Gasteiger partial charge in [-0.25, -0.2) is 4.39 Å². The largest absolute Gasteiger partial charge is 0.618 e. The maximum absolute atomic E-state index is 14.4. The van der Waals surface area contributed by atoms with Gasteiger partial charge in [-0.1, -0.05) is 13.0 Å². The molecule has 1 aliphatic rings. The van der Waals surface area contributed by atoms with E-state index in [1.54, 1.807) is 0 Å². The fraction of sp³-hybridized carbons (Fsp3) is 0.455. The topological polar surface area (TPSA) is 115 Å². The van der Waals surface area contributed by atoms with Gasteiger partial charge in [-0.05, 0) is 19.1 Å². The molecule has 2 aromatic rings. The molecule has 0 unspecified atom stereocenters. The Morgan fingerprint density at radius 1 is 1.31 bits per heavy atom. The molecule has 13 heteroatoms. The predicted molar refractivity (Wildman–Crippen MR) is 110 cm³/mol. The first-order valence-corrected chi connectivity index (χ1v) is 10.4. The van der Waals surface area contributed by atoms with E-state index in [2.05, 4.69) is 5.32 Å². The molecular weight excluding hydrogens is 483 g/mol. The predicted octanol–water partition coefficient (Wildman–Crippen LogP) is 2.71. The lowest BCUT2D eigenvalue weighted by Gasteiger charge is -2.32. The summed E-state index contributed by atoms with van der Waals surface area (Å²) in [4.78, 5) is 13.1. The van der Waals surface area contributed by atoms with Gasteiger partial charge in [0.05, 0.1) is 13.7 Å². The molecule has 1 aliphatic heterocycles. The lowest BCUT2D eigenvalue weighted by atomic mass is 9.77. The van der Waals surface area contributed by atoms with Crippen LogP contribution in [0.25, 0.3) is 0 Å². The summed E-state index contributed by atoms with van der Waals surface area (Å²) in [6.07, 6.45) is -7.42. The molecule has 3 rings (SSSR count). The van der Waals surface area contributed by atoms with Gasteiger partial charge in [0.25, 0.3) is 5.91 Å². The number of alkyl halides is 3. The van der Waals surface area contributed by atoms with E-state index in [0.717, 1.165) is 32.4 Å². The third-order valence-corrected chi connectivity index (χ3v) is 6.30. The number of methoxy groups -OCH3 is 1. The SMILES string of the molecule is COc1c([C@H]2[C@H](C(=O)Nc3ccc([C@@H](O)CO)[n+]([O-])c3)O[C@@](C)(C(F)(F)F)[C@H]2C)ccc(F)c1F. The molecule has 1 aromatic carbocycles. The Bertz CT molecular complexity index is 1110. The molecule has 8 nitrogen and oxygen atoms in total. The van der Waals surface area contributed by atoms with Crippen molar-refractivity contribution in [2.24, 2.45) is 5.92 Å². The van der Waals surface area contributed by atoms with Gasteiger partial charge in [-0.3, -0.25) is 4.79 Å². The lowest BCUT2D eigenvalue weighted by Crippen LogP contribution is -2.47. The molecule has 192 valence electrons. The van der Waals surface area contributed by atoms with Crippen molar-refractivity contribution in [3.05, 3.63) is 58.6 Å². The number of rotatable bonds is 6. The highest BCUT2D eigenvalue weighted by Crippen LogP contribution is 2.55. The molecule has 1 amide bonds. The van der Waals surface area contributed by atoms with Crippen molar-refractivity contribution in [3.63, 3.8) is 0 Å². The number of carbonyl (C=O) groups excluding carboxylic acids is 1. The van der Waals surface area contributed by atoms with Crippen LogP contribution in [0.2, 0.25) is 0 Å². The summed E-state index contributed by atoms with van der Waals surface area (Å²) in [6, 6.07) is 4.04. The minimum absolute atomic E-state index is 0.147. The van der Waals surface area contributed by atoms with Crippen LogP contribution in [0, 0.1) is 22.8 Å². The molecule has 0 aliphatic carbocycles. The molecule has 1 saturated heterocycles. The van der Waals surface area contributed by atoms with Crippen LogP contribution in [0.3, 0.4) is 0 Å². The lowest BCUT2D eigenvalue weighted by molar-refractivity contribution is -0.618. The molecule has 1 aromatic heterocycles. The van der Waals surface area contributed by atoms with Crippen molar-refractivity contribution in [1.29, 1.82) is 0 Å². The van der Waals surface area contributed by atoms with Crippen LogP contribution in [0.4, 0.5) is 27.6 Å². The summed E-state index contributed by atoms with van der Waals surface area (Å²) in [5.74, 6) is -7.32. The van der Waals surface area contributed by atoms with Crippen LogP contribution in [0.15, 0.2) is 30.5 Å². The Labute approximate surface area is 196 Å². The van der Waals surface area contributed by atoms with Gasteiger partial charge >= 0.3 is 6.18 Å². The highest BCUT2D eigenvalue weighted by Gasteiger charge is 2.66. The summed E-state index contributed by atoms with van der Waals surface area (Å²) in [5.41, 5.74) is -3.41. The second kappa shape index (κ2) is 9.55. The minimum Gasteiger partial charge on any atom is -0.618 e. The van der Waals surface area contributed by atoms with Crippen molar-refractivity contribution < 1.29 is 51.2 Å². The molecule has 3 N–H and O–H groups in total. The van der Waals surface area contributed by atoms with E-state index in [0.29, 0.717) is 6.07 Å². The zero-order chi connectivity index (χ0) is 26.3. The Morgan fingerprint density at radius 2 is 1.97 bits per heavy atom. The molecule has 2 heterocycles. The fourth-order valence-corrected chi connectivity index (χ4v) is 4.17. The monoisotopic (exact) mass is 506 g/mol. The highest BCUT2D eigenvalue weighted by atomic mass is 19.4. The molecule has 0 saturated carbocycles. The number of aliphatic hydroxyl groups excluding tert-OH is 2. The van der Waals surface area contributed by atoms with Crippen molar-refractivity contribution in [2.45, 2.75) is 43.8 Å². The molecule has 35 heavy (non-hydrogen) atoms. The van der Waals surface area contributed by atoms with Crippen molar-refractivity contribution in [3.8, 4) is 5.75 Å². The van der Waals surface area contributed by atoms with Crippen LogP contribution < -0.4 is 14.8 Å². The number of benzene rings is 1. The number of aromatic nitrogens is 1. The number of anilines is 1. The average molecular weight is 506 g/mol. The number of ether oxygens (including phenoxy) is 2. The first-order valence-electron chi connectivity index (χ1n) is 10.4. The van der Waals surface area contributed by atoms with Crippen LogP contribution in [-0.2, 0) is 9.53 Å². The van der Waals surface area contributed by atoms with Crippen molar-refractivity contribution in [1.82, 2.24) is 0 Å². The van der Waals surface area contributed by atoms with E-state index < -0.39 is 65.7 Å². The summed E-state index contributed by atoms with van der Waals surface area (Å²) in [7, 11) is 1.01. The first kappa shape index (κ1) is 26.6. The number of nitrogens with one attached hydrogen (secondary N) is 1. The van der Waals surface area contributed by atoms with Gasteiger partial charge in [0, 0.05) is 23.5 Å². The van der Waals surface area contributed by atoms with Crippen LogP contribution in [0.1, 0.15) is 37.1 Å². The first-order chi connectivity index (χ1) is 16.3. The molecule has 0 bridgehead atoms. The normalized spacial score (nSPS) is 25.4. The number of halogens is 5. The Hall–Kier alpha value is -3.03. The zero-order valence-corrected chi connectivity index (χ0v) is 18.8. The van der Waals surface area contributed by atoms with Crippen LogP contribution in [0.5, 0.6) is 5.75 Å². The summed E-state index contributed by atoms with van der Waals surface area (Å²) < 4.78 is 80.4. The fourth-order valence-electron chi connectivity index (χ4n) is 4.17. The average Bonchev–Trinajstić information content (AvgIpc) is 3.07. The highest BCUT2D eigenvalue weighted by molar-refractivity contribution is 5.95. The molecule has 1 fully saturated rings. The van der Waals surface area contributed by atoms with Gasteiger partial charge in [-0.2, -0.15) is 22.3 Å². The molecule has 0 radical (unpaired) electrons. The van der Waals surface area contributed by atoms with Gasteiger partial charge in [0.2, 0.25) is 17.7 Å². The quantitative estimate of drug-likeness (QED) is 0.315. The second-order valence-corrected chi connectivity index (χ2v) is 8.30. The van der Waals surface area contributed by atoms with E-state index in [1.807, 2.05) is 0 Å². The van der Waals surface area contributed by atoms with Gasteiger partial charge in [0.15, 0.2) is 23.3 Å². The second-order valence-electron chi connectivity index (χ2n) is 8.30. The van der Waals surface area contributed by atoms with Crippen LogP contribution in [-0.4, -0.2) is 47.7 Å². The molecule has 5 atom stereocenters. The third kappa shape index (κ3) is 4.62. The Morgan fingerprint density at radius 3 is 2.51 bits per heavy atom. The maximum atomic E-state index is 14.4. The van der Waals surface area contributed by atoms with Gasteiger partial charge < -0.3 is 30.2 Å². The van der Waals surface area contributed by atoms with E-state index in [1.165, 1.54) is 13.0 Å². The van der Waals surface area contributed by atoms with E-state index >= 15 is 0 Å². The minimum atomic E-state index is -4.92. The maximum Gasteiger partial charge on any atom is 0.417 e. The number of carbonyl (C=O) groups is 1. The number of hydrogen-bond acceptors (Lipinski definition) is 6. The van der Waals surface area contributed by atoms with Gasteiger partial charge in [-0.15, -0.1) is 0 Å². The Balaban J connectivity index is 2.03. The molecule has 0 spiro atoms. The number of amides is 1. The number of pyridine rings is 1. The number of hydrogen-bond donors (Lipinski definition) is 3. The van der Waals surface area contributed by atoms with E-state index in [-0.39, 0.29) is 21.7 Å². The van der Waals surface area contributed by atoms with Crippen molar-refractivity contribution in [2.75, 3.05) is 19.0 Å². The standard InChI is InChI=1S/C22H23F5N2O6/c1-10-16(12-5-6-13(23)17(24)18(12)34-3)19(35-21(10,2)22(25,26)27)20(32)28-11-4-7-14(15(31)9-30)29(33)8-11/h4-8,10,15-16,19,30-31H,9H2,1-3H3,(H,28,32)/t10-,15-,16-,19+,21+/m0/s1. The smallest absolute Gasteiger partial charge is 0.417 e. The van der Waals surface area contributed by atoms with Crippen LogP contribution >= 0.6 is 0 Å². The van der Waals surface area contributed by atoms with Gasteiger partial charge in [0.1, 0.15) is 11.8 Å². The summed E-state index contributed by atoms with van der Waals surface area (Å²) in [6.45, 7) is 1.18. The number of nitrogens with zero attached hydrogens (tertiary/aromatic N) is 1. The van der Waals surface area contributed by atoms with E-state index in [4.69, 9.17) is 14.6 Å². The molecular formula is C22H23F5N2O6. The Kier molecular flexibility index (Phi) is 7.25. The third-order valence-electron chi connectivity index (χ3n) is 6.30. The summed E-state index contributed by atoms with van der Waals surface area (Å²) in [5, 5.41) is 33.0. The number of aliphatic hydroxyl groups is 2.